The zero-order valence-corrected chi connectivity index (χ0v) is 12.8. The molecule has 2 atom stereocenters. The molecule has 108 valence electrons. The van der Waals surface area contributed by atoms with Crippen LogP contribution in [0.1, 0.15) is 66.7 Å². The van der Waals surface area contributed by atoms with E-state index in [1.165, 1.54) is 6.42 Å². The molecule has 0 aliphatic carbocycles. The molecule has 0 amide bonds. The van der Waals surface area contributed by atoms with E-state index in [2.05, 4.69) is 26.1 Å². The van der Waals surface area contributed by atoms with E-state index < -0.39 is 11.4 Å². The maximum atomic E-state index is 11.4. The summed E-state index contributed by atoms with van der Waals surface area (Å²) >= 11 is 0. The van der Waals surface area contributed by atoms with Crippen molar-refractivity contribution in [3.05, 3.63) is 0 Å². The number of hydrogen-bond donors (Lipinski definition) is 2. The van der Waals surface area contributed by atoms with Crippen LogP contribution >= 0.6 is 0 Å². The first kappa shape index (κ1) is 17.4. The largest absolute Gasteiger partial charge is 0.481 e. The van der Waals surface area contributed by atoms with Crippen LogP contribution < -0.4 is 5.32 Å². The van der Waals surface area contributed by atoms with Crippen LogP contribution in [0.3, 0.4) is 0 Å². The number of carbonyl (C=O) groups is 1. The van der Waals surface area contributed by atoms with Crippen molar-refractivity contribution < 1.29 is 9.90 Å². The molecule has 0 spiro atoms. The highest BCUT2D eigenvalue weighted by molar-refractivity contribution is 5.74. The lowest BCUT2D eigenvalue weighted by molar-refractivity contribution is -0.149. The van der Waals surface area contributed by atoms with Gasteiger partial charge >= 0.3 is 5.97 Å². The molecular formula is C15H31NO2. The third-order valence-corrected chi connectivity index (χ3v) is 4.41. The summed E-state index contributed by atoms with van der Waals surface area (Å²) in [6, 6.07) is 0.441. The van der Waals surface area contributed by atoms with Gasteiger partial charge in [-0.15, -0.1) is 0 Å². The average molecular weight is 257 g/mol. The predicted octanol–water partition coefficient (Wildman–Crippen LogP) is 3.68. The summed E-state index contributed by atoms with van der Waals surface area (Å²) < 4.78 is 0. The van der Waals surface area contributed by atoms with E-state index in [-0.39, 0.29) is 0 Å². The maximum absolute atomic E-state index is 11.4. The fourth-order valence-electron chi connectivity index (χ4n) is 2.26. The molecule has 2 unspecified atom stereocenters. The van der Waals surface area contributed by atoms with E-state index >= 15 is 0 Å². The summed E-state index contributed by atoms with van der Waals surface area (Å²) in [4.78, 5) is 11.4. The van der Waals surface area contributed by atoms with E-state index in [0.29, 0.717) is 31.3 Å². The van der Waals surface area contributed by atoms with Gasteiger partial charge in [0, 0.05) is 12.6 Å². The number of hydrogen-bond acceptors (Lipinski definition) is 2. The van der Waals surface area contributed by atoms with Crippen molar-refractivity contribution in [2.75, 3.05) is 6.54 Å². The lowest BCUT2D eigenvalue weighted by Crippen LogP contribution is -2.44. The van der Waals surface area contributed by atoms with Gasteiger partial charge in [0.2, 0.25) is 0 Å². The highest BCUT2D eigenvalue weighted by Gasteiger charge is 2.34. The van der Waals surface area contributed by atoms with Crippen LogP contribution in [-0.2, 0) is 4.79 Å². The van der Waals surface area contributed by atoms with Crippen molar-refractivity contribution in [2.24, 2.45) is 11.3 Å². The summed E-state index contributed by atoms with van der Waals surface area (Å²) in [7, 11) is 0. The van der Waals surface area contributed by atoms with Crippen molar-refractivity contribution in [3.8, 4) is 0 Å². The molecule has 3 heteroatoms. The van der Waals surface area contributed by atoms with Crippen LogP contribution in [0.4, 0.5) is 0 Å². The zero-order valence-electron chi connectivity index (χ0n) is 12.8. The molecule has 0 fully saturated rings. The zero-order chi connectivity index (χ0) is 14.2. The summed E-state index contributed by atoms with van der Waals surface area (Å²) in [5, 5.41) is 12.9. The minimum atomic E-state index is -0.668. The number of rotatable bonds is 10. The quantitative estimate of drug-likeness (QED) is 0.627. The molecule has 0 saturated heterocycles. The third kappa shape index (κ3) is 4.97. The molecule has 2 N–H and O–H groups in total. The second-order valence-corrected chi connectivity index (χ2v) is 5.53. The Morgan fingerprint density at radius 1 is 1.17 bits per heavy atom. The van der Waals surface area contributed by atoms with E-state index in [4.69, 9.17) is 0 Å². The smallest absolute Gasteiger partial charge is 0.310 e. The number of carboxylic acid groups (broad SMARTS) is 1. The average Bonchev–Trinajstić information content (AvgIpc) is 2.38. The van der Waals surface area contributed by atoms with Crippen molar-refractivity contribution in [1.29, 1.82) is 0 Å². The molecule has 0 aromatic carbocycles. The van der Waals surface area contributed by atoms with Crippen molar-refractivity contribution in [3.63, 3.8) is 0 Å². The molecule has 0 aromatic heterocycles. The van der Waals surface area contributed by atoms with Crippen molar-refractivity contribution in [1.82, 2.24) is 5.32 Å². The highest BCUT2D eigenvalue weighted by atomic mass is 16.4. The van der Waals surface area contributed by atoms with Gasteiger partial charge in [-0.1, -0.05) is 41.0 Å². The molecule has 0 rings (SSSR count). The molecule has 3 nitrogen and oxygen atoms in total. The number of carboxylic acids is 1. The first-order valence-electron chi connectivity index (χ1n) is 7.42. The van der Waals surface area contributed by atoms with E-state index in [1.807, 2.05) is 13.8 Å². The SMILES string of the molecule is CCC(C)CC(CC)NCC(CC)(CC)C(=O)O. The third-order valence-electron chi connectivity index (χ3n) is 4.41. The van der Waals surface area contributed by atoms with Crippen LogP contribution in [0, 0.1) is 11.3 Å². The summed E-state index contributed by atoms with van der Waals surface area (Å²) in [6.07, 6.45) is 4.75. The summed E-state index contributed by atoms with van der Waals surface area (Å²) in [5.74, 6) is 0.0309. The minimum Gasteiger partial charge on any atom is -0.481 e. The Hall–Kier alpha value is -0.570. The molecule has 0 heterocycles. The lowest BCUT2D eigenvalue weighted by Gasteiger charge is -2.30. The Morgan fingerprint density at radius 3 is 2.06 bits per heavy atom. The van der Waals surface area contributed by atoms with Crippen LogP contribution in [0.2, 0.25) is 0 Å². The molecule has 0 radical (unpaired) electrons. The summed E-state index contributed by atoms with van der Waals surface area (Å²) in [5.41, 5.74) is -0.594. The second-order valence-electron chi connectivity index (χ2n) is 5.53. The first-order chi connectivity index (χ1) is 8.45. The van der Waals surface area contributed by atoms with Gasteiger partial charge in [0.15, 0.2) is 0 Å². The molecule has 0 aliphatic heterocycles. The Labute approximate surface area is 112 Å². The standard InChI is InChI=1S/C15H31NO2/c1-6-12(5)10-13(7-2)16-11-15(8-3,9-4)14(17)18/h12-13,16H,6-11H2,1-5H3,(H,17,18). The van der Waals surface area contributed by atoms with Crippen molar-refractivity contribution >= 4 is 5.97 Å². The molecule has 0 bridgehead atoms. The van der Waals surface area contributed by atoms with E-state index in [9.17, 15) is 9.90 Å². The normalized spacial score (nSPS) is 15.4. The molecular weight excluding hydrogens is 226 g/mol. The van der Waals surface area contributed by atoms with Crippen LogP contribution in [-0.4, -0.2) is 23.7 Å². The van der Waals surface area contributed by atoms with Gasteiger partial charge < -0.3 is 10.4 Å². The van der Waals surface area contributed by atoms with Gasteiger partial charge in [0.1, 0.15) is 0 Å². The van der Waals surface area contributed by atoms with Gasteiger partial charge in [-0.05, 0) is 31.6 Å². The lowest BCUT2D eigenvalue weighted by atomic mass is 9.82. The monoisotopic (exact) mass is 257 g/mol. The molecule has 0 aliphatic rings. The Balaban J connectivity index is 4.44. The number of nitrogens with one attached hydrogen (secondary N) is 1. The van der Waals surface area contributed by atoms with Crippen LogP contribution in [0.25, 0.3) is 0 Å². The van der Waals surface area contributed by atoms with E-state index in [0.717, 1.165) is 12.8 Å². The van der Waals surface area contributed by atoms with Gasteiger partial charge in [-0.25, -0.2) is 0 Å². The Kier molecular flexibility index (Phi) is 8.25. The first-order valence-corrected chi connectivity index (χ1v) is 7.42. The fraction of sp³-hybridized carbons (Fsp3) is 0.933. The molecule has 0 aromatic rings. The molecule has 18 heavy (non-hydrogen) atoms. The molecule has 0 saturated carbocycles. The van der Waals surface area contributed by atoms with E-state index in [1.54, 1.807) is 0 Å². The van der Waals surface area contributed by atoms with Gasteiger partial charge in [-0.2, -0.15) is 0 Å². The predicted molar refractivity (Wildman–Crippen MR) is 76.8 cm³/mol. The highest BCUT2D eigenvalue weighted by Crippen LogP contribution is 2.26. The Morgan fingerprint density at radius 2 is 1.72 bits per heavy atom. The summed E-state index contributed by atoms with van der Waals surface area (Å²) in [6.45, 7) is 11.2. The second kappa shape index (κ2) is 8.52. The van der Waals surface area contributed by atoms with Gasteiger partial charge in [0.05, 0.1) is 5.41 Å². The van der Waals surface area contributed by atoms with Crippen LogP contribution in [0.15, 0.2) is 0 Å². The van der Waals surface area contributed by atoms with Gasteiger partial charge in [-0.3, -0.25) is 4.79 Å². The number of aliphatic carboxylic acids is 1. The van der Waals surface area contributed by atoms with Gasteiger partial charge in [0.25, 0.3) is 0 Å². The maximum Gasteiger partial charge on any atom is 0.310 e. The minimum absolute atomic E-state index is 0.441. The van der Waals surface area contributed by atoms with Crippen LogP contribution in [0.5, 0.6) is 0 Å². The fourth-order valence-corrected chi connectivity index (χ4v) is 2.26. The van der Waals surface area contributed by atoms with Crippen molar-refractivity contribution in [2.45, 2.75) is 72.8 Å². The topological polar surface area (TPSA) is 49.3 Å². The Bertz CT molecular complexity index is 237.